The number of amides is 1. The molecule has 1 fully saturated rings. The first-order chi connectivity index (χ1) is 14.6. The summed E-state index contributed by atoms with van der Waals surface area (Å²) in [4.78, 5) is 23.2. The summed E-state index contributed by atoms with van der Waals surface area (Å²) in [7, 11) is 2.05. The lowest BCUT2D eigenvalue weighted by atomic mass is 10.2. The molecule has 0 aliphatic heterocycles. The summed E-state index contributed by atoms with van der Waals surface area (Å²) in [6.07, 6.45) is 7.92. The third-order valence-electron chi connectivity index (χ3n) is 4.98. The molecule has 3 heterocycles. The molecule has 0 aromatic carbocycles. The average Bonchev–Trinajstić information content (AvgIpc) is 3.46. The molecule has 0 atom stereocenters. The largest absolute Gasteiger partial charge is 0.359 e. The van der Waals surface area contributed by atoms with Crippen molar-refractivity contribution >= 4 is 17.5 Å². The molecule has 8 heteroatoms. The summed E-state index contributed by atoms with van der Waals surface area (Å²) < 4.78 is 1.69. The summed E-state index contributed by atoms with van der Waals surface area (Å²) in [6, 6.07) is 11.2. The summed E-state index contributed by atoms with van der Waals surface area (Å²) in [5.41, 5.74) is 2.16. The minimum atomic E-state index is -0.141. The van der Waals surface area contributed by atoms with Crippen molar-refractivity contribution in [1.82, 2.24) is 19.7 Å². The summed E-state index contributed by atoms with van der Waals surface area (Å²) in [5, 5.41) is 16.0. The molecular formula is C22H23N7O. The van der Waals surface area contributed by atoms with Crippen LogP contribution in [-0.4, -0.2) is 39.2 Å². The van der Waals surface area contributed by atoms with Gasteiger partial charge in [-0.1, -0.05) is 6.07 Å². The minimum absolute atomic E-state index is 0.141. The molecule has 0 spiro atoms. The van der Waals surface area contributed by atoms with Gasteiger partial charge in [-0.25, -0.2) is 4.98 Å². The average molecular weight is 401 g/mol. The second-order valence-corrected chi connectivity index (χ2v) is 7.62. The first kappa shape index (κ1) is 19.6. The Morgan fingerprint density at radius 2 is 2.10 bits per heavy atom. The number of hydrogen-bond donors (Lipinski definition) is 1. The van der Waals surface area contributed by atoms with Crippen LogP contribution >= 0.6 is 0 Å². The molecule has 4 rings (SSSR count). The number of nitriles is 1. The van der Waals surface area contributed by atoms with Gasteiger partial charge in [0.25, 0.3) is 0 Å². The second-order valence-electron chi connectivity index (χ2n) is 7.62. The Kier molecular flexibility index (Phi) is 5.70. The molecule has 1 aliphatic carbocycles. The fourth-order valence-electron chi connectivity index (χ4n) is 3.17. The highest BCUT2D eigenvalue weighted by Crippen LogP contribution is 2.30. The van der Waals surface area contributed by atoms with Gasteiger partial charge in [0, 0.05) is 38.2 Å². The number of rotatable bonds is 8. The number of nitrogens with one attached hydrogen (secondary N) is 1. The maximum absolute atomic E-state index is 12.4. The molecule has 0 bridgehead atoms. The van der Waals surface area contributed by atoms with E-state index in [4.69, 9.17) is 5.26 Å². The SMILES string of the molecule is CN(CC1CC1)c1ccc(CC(=O)Nc2ccn(Cc3ccc(C#N)cn3)n2)cn1. The molecule has 30 heavy (non-hydrogen) atoms. The predicted octanol–water partition coefficient (Wildman–Crippen LogP) is 2.62. The molecule has 3 aromatic heterocycles. The molecular weight excluding hydrogens is 378 g/mol. The van der Waals surface area contributed by atoms with Crippen molar-refractivity contribution in [2.75, 3.05) is 23.8 Å². The molecule has 0 unspecified atom stereocenters. The maximum atomic E-state index is 12.4. The third kappa shape index (κ3) is 5.20. The summed E-state index contributed by atoms with van der Waals surface area (Å²) in [5.74, 6) is 2.08. The lowest BCUT2D eigenvalue weighted by molar-refractivity contribution is -0.115. The highest BCUT2D eigenvalue weighted by molar-refractivity contribution is 5.91. The van der Waals surface area contributed by atoms with Crippen LogP contribution in [0.1, 0.15) is 29.7 Å². The Morgan fingerprint density at radius 3 is 2.77 bits per heavy atom. The number of aromatic nitrogens is 4. The fraction of sp³-hybridized carbons (Fsp3) is 0.318. The zero-order valence-electron chi connectivity index (χ0n) is 16.8. The van der Waals surface area contributed by atoms with Crippen LogP contribution in [0, 0.1) is 17.2 Å². The van der Waals surface area contributed by atoms with Crippen LogP contribution in [0.15, 0.2) is 48.9 Å². The molecule has 8 nitrogen and oxygen atoms in total. The molecule has 152 valence electrons. The first-order valence-corrected chi connectivity index (χ1v) is 9.93. The van der Waals surface area contributed by atoms with E-state index in [0.717, 1.165) is 29.5 Å². The Balaban J connectivity index is 1.29. The number of nitrogens with zero attached hydrogens (tertiary/aromatic N) is 6. The van der Waals surface area contributed by atoms with Gasteiger partial charge in [0.05, 0.1) is 24.2 Å². The van der Waals surface area contributed by atoms with Crippen molar-refractivity contribution < 1.29 is 4.79 Å². The monoisotopic (exact) mass is 401 g/mol. The van der Waals surface area contributed by atoms with E-state index >= 15 is 0 Å². The van der Waals surface area contributed by atoms with Crippen molar-refractivity contribution in [3.05, 3.63) is 65.7 Å². The first-order valence-electron chi connectivity index (χ1n) is 9.93. The van der Waals surface area contributed by atoms with Crippen molar-refractivity contribution in [1.29, 1.82) is 5.26 Å². The number of carbonyl (C=O) groups is 1. The van der Waals surface area contributed by atoms with Crippen molar-refractivity contribution in [2.24, 2.45) is 5.92 Å². The van der Waals surface area contributed by atoms with Gasteiger partial charge in [-0.2, -0.15) is 10.4 Å². The molecule has 0 radical (unpaired) electrons. The van der Waals surface area contributed by atoms with Crippen molar-refractivity contribution in [3.8, 4) is 6.07 Å². The van der Waals surface area contributed by atoms with Crippen LogP contribution in [0.3, 0.4) is 0 Å². The third-order valence-corrected chi connectivity index (χ3v) is 4.98. The standard InChI is InChI=1S/C22H23N7O/c1-28(14-16-2-3-16)21-7-5-17(12-25-21)10-22(30)26-20-8-9-29(27-20)15-19-6-4-18(11-23)13-24-19/h4-9,12-13,16H,2-3,10,14-15H2,1H3,(H,26,27,30). The lowest BCUT2D eigenvalue weighted by Crippen LogP contribution is -2.21. The molecule has 0 saturated heterocycles. The molecule has 1 amide bonds. The number of anilines is 2. The Hall–Kier alpha value is -3.73. The topological polar surface area (TPSA) is 99.7 Å². The highest BCUT2D eigenvalue weighted by atomic mass is 16.1. The quantitative estimate of drug-likeness (QED) is 0.623. The number of carbonyl (C=O) groups excluding carboxylic acids is 1. The predicted molar refractivity (Wildman–Crippen MR) is 113 cm³/mol. The van der Waals surface area contributed by atoms with E-state index in [-0.39, 0.29) is 12.3 Å². The van der Waals surface area contributed by atoms with E-state index in [2.05, 4.69) is 32.3 Å². The van der Waals surface area contributed by atoms with Gasteiger partial charge in [0.2, 0.25) is 5.91 Å². The Labute approximate surface area is 175 Å². The minimum Gasteiger partial charge on any atom is -0.359 e. The van der Waals surface area contributed by atoms with Gasteiger partial charge in [0.1, 0.15) is 11.9 Å². The molecule has 3 aromatic rings. The highest BCUT2D eigenvalue weighted by Gasteiger charge is 2.23. The van der Waals surface area contributed by atoms with Crippen LogP contribution in [0.25, 0.3) is 0 Å². The fourth-order valence-corrected chi connectivity index (χ4v) is 3.17. The lowest BCUT2D eigenvalue weighted by Gasteiger charge is -2.17. The molecule has 1 saturated carbocycles. The van der Waals surface area contributed by atoms with Crippen LogP contribution in [0.2, 0.25) is 0 Å². The van der Waals surface area contributed by atoms with Gasteiger partial charge in [-0.15, -0.1) is 0 Å². The Morgan fingerprint density at radius 1 is 1.23 bits per heavy atom. The van der Waals surface area contributed by atoms with Crippen LogP contribution in [-0.2, 0) is 17.8 Å². The van der Waals surface area contributed by atoms with Crippen molar-refractivity contribution in [2.45, 2.75) is 25.8 Å². The van der Waals surface area contributed by atoms with E-state index < -0.39 is 0 Å². The van der Waals surface area contributed by atoms with E-state index in [9.17, 15) is 4.79 Å². The number of hydrogen-bond acceptors (Lipinski definition) is 6. The number of pyridine rings is 2. The van der Waals surface area contributed by atoms with Crippen LogP contribution in [0.4, 0.5) is 11.6 Å². The van der Waals surface area contributed by atoms with Crippen LogP contribution in [0.5, 0.6) is 0 Å². The van der Waals surface area contributed by atoms with E-state index in [0.29, 0.717) is 17.9 Å². The summed E-state index contributed by atoms with van der Waals surface area (Å²) in [6.45, 7) is 1.49. The van der Waals surface area contributed by atoms with Gasteiger partial charge < -0.3 is 10.2 Å². The zero-order valence-corrected chi connectivity index (χ0v) is 16.8. The summed E-state index contributed by atoms with van der Waals surface area (Å²) >= 11 is 0. The molecule has 1 N–H and O–H groups in total. The second kappa shape index (κ2) is 8.74. The van der Waals surface area contributed by atoms with Gasteiger partial charge in [-0.05, 0) is 42.5 Å². The van der Waals surface area contributed by atoms with Crippen molar-refractivity contribution in [3.63, 3.8) is 0 Å². The van der Waals surface area contributed by atoms with E-state index in [1.54, 1.807) is 35.3 Å². The Bertz CT molecular complexity index is 1050. The van der Waals surface area contributed by atoms with Crippen LogP contribution < -0.4 is 10.2 Å². The molecule has 1 aliphatic rings. The van der Waals surface area contributed by atoms with Gasteiger partial charge in [-0.3, -0.25) is 14.5 Å². The van der Waals surface area contributed by atoms with E-state index in [1.165, 1.54) is 19.0 Å². The van der Waals surface area contributed by atoms with Gasteiger partial charge >= 0.3 is 0 Å². The zero-order chi connectivity index (χ0) is 20.9. The van der Waals surface area contributed by atoms with E-state index in [1.807, 2.05) is 18.2 Å². The normalized spacial score (nSPS) is 12.9. The van der Waals surface area contributed by atoms with Gasteiger partial charge in [0.15, 0.2) is 5.82 Å². The smallest absolute Gasteiger partial charge is 0.230 e. The maximum Gasteiger partial charge on any atom is 0.230 e.